The van der Waals surface area contributed by atoms with Gasteiger partial charge in [0.15, 0.2) is 0 Å². The van der Waals surface area contributed by atoms with Crippen molar-refractivity contribution in [2.24, 2.45) is 5.73 Å². The smallest absolute Gasteiger partial charge is 0.282 e. The number of nitrogens with one attached hydrogen (secondary N) is 4. The molecule has 4 rings (SSSR count). The average molecular weight is 468 g/mol. The summed E-state index contributed by atoms with van der Waals surface area (Å²) in [5.41, 5.74) is 8.13. The molecule has 10 heteroatoms. The first-order chi connectivity index (χ1) is 16.4. The minimum Gasteiger partial charge on any atom is -0.355 e. The maximum Gasteiger partial charge on any atom is 0.282 e. The number of fused-ring (bicyclic) bond motifs is 1. The van der Waals surface area contributed by atoms with E-state index >= 15 is 0 Å². The van der Waals surface area contributed by atoms with Crippen LogP contribution in [0.2, 0.25) is 0 Å². The molecule has 0 saturated carbocycles. The topological polar surface area (TPSA) is 125 Å². The van der Waals surface area contributed by atoms with Crippen LogP contribution in [0.1, 0.15) is 23.4 Å². The van der Waals surface area contributed by atoms with Crippen molar-refractivity contribution >= 4 is 17.0 Å². The highest BCUT2D eigenvalue weighted by molar-refractivity contribution is 5.76. The van der Waals surface area contributed by atoms with Crippen LogP contribution in [0.3, 0.4) is 0 Å². The Kier molecular flexibility index (Phi) is 7.29. The number of benzene rings is 2. The third kappa shape index (κ3) is 5.46. The van der Waals surface area contributed by atoms with E-state index in [9.17, 15) is 13.6 Å². The maximum atomic E-state index is 14.5. The number of imidazole rings is 1. The lowest BCUT2D eigenvalue weighted by Crippen LogP contribution is -2.18. The van der Waals surface area contributed by atoms with Crippen LogP contribution in [0.5, 0.6) is 0 Å². The number of nitrogens with zero attached hydrogens (tertiary/aromatic N) is 2. The quantitative estimate of drug-likeness (QED) is 0.228. The molecular formula is C24H27F2N7O. The summed E-state index contributed by atoms with van der Waals surface area (Å²) < 4.78 is 28.2. The second-order valence-electron chi connectivity index (χ2n) is 8.07. The molecule has 2 heterocycles. The van der Waals surface area contributed by atoms with Gasteiger partial charge in [0.2, 0.25) is 5.95 Å². The summed E-state index contributed by atoms with van der Waals surface area (Å²) in [4.78, 5) is 27.0. The highest BCUT2D eigenvalue weighted by atomic mass is 19.1. The molecule has 0 bridgehead atoms. The largest absolute Gasteiger partial charge is 0.355 e. The van der Waals surface area contributed by atoms with E-state index in [0.29, 0.717) is 66.6 Å². The SMILES string of the molecule is Cc1cc2[nH]c(CCNc3nc(=O)c(-c4ccc(CNCCCN)c(F)c4)c[nH]3)nc2cc1F. The molecule has 0 spiro atoms. The molecule has 178 valence electrons. The van der Waals surface area contributed by atoms with Crippen molar-refractivity contribution in [3.8, 4) is 11.1 Å². The second kappa shape index (κ2) is 10.5. The lowest BCUT2D eigenvalue weighted by Gasteiger charge is -2.08. The molecule has 0 unspecified atom stereocenters. The lowest BCUT2D eigenvalue weighted by atomic mass is 10.1. The van der Waals surface area contributed by atoms with Crippen molar-refractivity contribution in [2.75, 3.05) is 25.0 Å². The summed E-state index contributed by atoms with van der Waals surface area (Å²) in [7, 11) is 0. The number of hydrogen-bond acceptors (Lipinski definition) is 6. The summed E-state index contributed by atoms with van der Waals surface area (Å²) >= 11 is 0. The summed E-state index contributed by atoms with van der Waals surface area (Å²) in [5.74, 6) is 0.312. The van der Waals surface area contributed by atoms with Gasteiger partial charge in [0.05, 0.1) is 16.6 Å². The molecule has 0 saturated heterocycles. The molecule has 2 aromatic heterocycles. The van der Waals surface area contributed by atoms with E-state index in [1.54, 1.807) is 25.1 Å². The minimum atomic E-state index is -0.468. The Bertz CT molecular complexity index is 1310. The number of H-pyrrole nitrogens is 2. The Balaban J connectivity index is 1.37. The van der Waals surface area contributed by atoms with Gasteiger partial charge in [0.1, 0.15) is 17.5 Å². The van der Waals surface area contributed by atoms with Crippen LogP contribution in [0.25, 0.3) is 22.2 Å². The first-order valence-electron chi connectivity index (χ1n) is 11.1. The van der Waals surface area contributed by atoms with E-state index < -0.39 is 5.56 Å². The van der Waals surface area contributed by atoms with E-state index in [2.05, 4.69) is 30.6 Å². The predicted octanol–water partition coefficient (Wildman–Crippen LogP) is 2.99. The molecule has 8 nitrogen and oxygen atoms in total. The van der Waals surface area contributed by atoms with Gasteiger partial charge >= 0.3 is 0 Å². The zero-order chi connectivity index (χ0) is 24.1. The zero-order valence-electron chi connectivity index (χ0n) is 18.8. The third-order valence-corrected chi connectivity index (χ3v) is 5.50. The first-order valence-corrected chi connectivity index (χ1v) is 11.1. The normalized spacial score (nSPS) is 11.3. The summed E-state index contributed by atoms with van der Waals surface area (Å²) in [5, 5.41) is 6.18. The van der Waals surface area contributed by atoms with E-state index in [-0.39, 0.29) is 17.2 Å². The fourth-order valence-electron chi connectivity index (χ4n) is 3.61. The van der Waals surface area contributed by atoms with Crippen molar-refractivity contribution in [3.05, 3.63) is 75.5 Å². The van der Waals surface area contributed by atoms with E-state index in [1.165, 1.54) is 18.3 Å². The Morgan fingerprint density at radius 3 is 2.71 bits per heavy atom. The van der Waals surface area contributed by atoms with Crippen molar-refractivity contribution in [1.82, 2.24) is 25.3 Å². The van der Waals surface area contributed by atoms with Crippen LogP contribution >= 0.6 is 0 Å². The molecule has 34 heavy (non-hydrogen) atoms. The molecule has 0 atom stereocenters. The van der Waals surface area contributed by atoms with Gasteiger partial charge in [0, 0.05) is 37.3 Å². The third-order valence-electron chi connectivity index (χ3n) is 5.50. The molecule has 0 radical (unpaired) electrons. The number of nitrogens with two attached hydrogens (primary N) is 1. The van der Waals surface area contributed by atoms with Crippen LogP contribution in [0.15, 0.2) is 41.3 Å². The highest BCUT2D eigenvalue weighted by Crippen LogP contribution is 2.19. The van der Waals surface area contributed by atoms with Crippen molar-refractivity contribution in [3.63, 3.8) is 0 Å². The molecule has 0 aliphatic heterocycles. The Hall–Kier alpha value is -3.63. The number of aromatic amines is 2. The molecule has 0 aliphatic rings. The zero-order valence-corrected chi connectivity index (χ0v) is 18.8. The van der Waals surface area contributed by atoms with Crippen LogP contribution in [0.4, 0.5) is 14.7 Å². The van der Waals surface area contributed by atoms with Gasteiger partial charge in [-0.2, -0.15) is 4.98 Å². The van der Waals surface area contributed by atoms with Crippen molar-refractivity contribution < 1.29 is 8.78 Å². The molecule has 6 N–H and O–H groups in total. The van der Waals surface area contributed by atoms with Crippen LogP contribution in [-0.4, -0.2) is 39.6 Å². The van der Waals surface area contributed by atoms with Gasteiger partial charge in [-0.15, -0.1) is 0 Å². The van der Waals surface area contributed by atoms with E-state index in [4.69, 9.17) is 5.73 Å². The van der Waals surface area contributed by atoms with Crippen molar-refractivity contribution in [1.29, 1.82) is 0 Å². The second-order valence-corrected chi connectivity index (χ2v) is 8.07. The number of aryl methyl sites for hydroxylation is 1. The van der Waals surface area contributed by atoms with Gasteiger partial charge in [-0.3, -0.25) is 4.79 Å². The summed E-state index contributed by atoms with van der Waals surface area (Å²) in [6.07, 6.45) is 2.85. The molecule has 0 aliphatic carbocycles. The van der Waals surface area contributed by atoms with Gasteiger partial charge in [0.25, 0.3) is 5.56 Å². The lowest BCUT2D eigenvalue weighted by molar-refractivity contribution is 0.583. The standard InChI is InChI=1S/C24H27F2N7O/c1-14-9-20-21(11-18(14)25)32-22(31-20)5-8-29-24-30-13-17(23(34)33-24)15-3-4-16(19(26)10-15)12-28-7-2-6-27/h3-4,9-11,13,28H,2,5-8,12,27H2,1H3,(H,31,32)(H2,29,30,33,34). The summed E-state index contributed by atoms with van der Waals surface area (Å²) in [6, 6.07) is 7.83. The van der Waals surface area contributed by atoms with Gasteiger partial charge in [-0.25, -0.2) is 13.8 Å². The molecule has 0 amide bonds. The van der Waals surface area contributed by atoms with E-state index in [1.807, 2.05) is 0 Å². The van der Waals surface area contributed by atoms with Gasteiger partial charge in [-0.05, 0) is 49.7 Å². The van der Waals surface area contributed by atoms with Crippen molar-refractivity contribution in [2.45, 2.75) is 26.3 Å². The summed E-state index contributed by atoms with van der Waals surface area (Å²) in [6.45, 7) is 3.83. The van der Waals surface area contributed by atoms with Crippen LogP contribution in [0, 0.1) is 18.6 Å². The number of halogens is 2. The van der Waals surface area contributed by atoms with Gasteiger partial charge < -0.3 is 26.3 Å². The minimum absolute atomic E-state index is 0.279. The molecular weight excluding hydrogens is 440 g/mol. The van der Waals surface area contributed by atoms with Gasteiger partial charge in [-0.1, -0.05) is 12.1 Å². The number of aromatic nitrogens is 4. The number of rotatable bonds is 10. The fraction of sp³-hybridized carbons (Fsp3) is 0.292. The molecule has 2 aromatic carbocycles. The fourth-order valence-corrected chi connectivity index (χ4v) is 3.61. The number of hydrogen-bond donors (Lipinski definition) is 5. The Labute approximate surface area is 195 Å². The van der Waals surface area contributed by atoms with Crippen LogP contribution < -0.4 is 21.9 Å². The Morgan fingerprint density at radius 1 is 1.09 bits per heavy atom. The first kappa shape index (κ1) is 23.5. The highest BCUT2D eigenvalue weighted by Gasteiger charge is 2.10. The average Bonchev–Trinajstić information content (AvgIpc) is 3.19. The number of anilines is 1. The van der Waals surface area contributed by atoms with E-state index in [0.717, 1.165) is 11.9 Å². The Morgan fingerprint density at radius 2 is 1.94 bits per heavy atom. The molecule has 4 aromatic rings. The monoisotopic (exact) mass is 467 g/mol. The molecule has 0 fully saturated rings. The maximum absolute atomic E-state index is 14.5. The van der Waals surface area contributed by atoms with Crippen LogP contribution in [-0.2, 0) is 13.0 Å². The predicted molar refractivity (Wildman–Crippen MR) is 129 cm³/mol.